The zero-order valence-corrected chi connectivity index (χ0v) is 35.6. The van der Waals surface area contributed by atoms with E-state index in [4.69, 9.17) is 4.74 Å². The molecule has 0 radical (unpaired) electrons. The second-order valence-corrected chi connectivity index (χ2v) is 16.6. The Labute approximate surface area is 327 Å². The van der Waals surface area contributed by atoms with Crippen LogP contribution < -0.4 is 0 Å². The second kappa shape index (κ2) is 40.9. The molecule has 0 aromatic carbocycles. The minimum atomic E-state index is 0.0149. The number of allylic oxidation sites excluding steroid dienone is 5. The summed E-state index contributed by atoms with van der Waals surface area (Å²) in [6, 6.07) is 0. The highest BCUT2D eigenvalue weighted by molar-refractivity contribution is 5.82. The number of esters is 1. The Morgan fingerprint density at radius 2 is 0.635 bits per heavy atom. The predicted octanol–water partition coefficient (Wildman–Crippen LogP) is 17.8. The first-order valence-corrected chi connectivity index (χ1v) is 24.0. The van der Waals surface area contributed by atoms with Gasteiger partial charge in [-0.25, -0.2) is 0 Å². The van der Waals surface area contributed by atoms with Crippen molar-refractivity contribution in [3.8, 4) is 0 Å². The van der Waals surface area contributed by atoms with Crippen LogP contribution in [-0.4, -0.2) is 5.97 Å². The minimum absolute atomic E-state index is 0.0149. The quantitative estimate of drug-likeness (QED) is 0.0356. The molecule has 0 spiro atoms. The summed E-state index contributed by atoms with van der Waals surface area (Å²) in [4.78, 5) is 12.0. The third kappa shape index (κ3) is 33.3. The maximum Gasteiger partial charge on any atom is 0.321 e. The molecule has 1 aliphatic rings. The fourth-order valence-electron chi connectivity index (χ4n) is 7.76. The molecule has 0 aromatic heterocycles. The highest BCUT2D eigenvalue weighted by atomic mass is 16.6. The fraction of sp³-hybridized carbons (Fsp3) is 0.860. The number of cyclic esters (lactones) is 1. The third-order valence-corrected chi connectivity index (χ3v) is 11.4. The van der Waals surface area contributed by atoms with E-state index < -0.39 is 0 Å². The summed E-state index contributed by atoms with van der Waals surface area (Å²) < 4.78 is 5.41. The Balaban J connectivity index is 1.81. The fourth-order valence-corrected chi connectivity index (χ4v) is 7.76. The largest absolute Gasteiger partial charge is 0.430 e. The van der Waals surface area contributed by atoms with Crippen LogP contribution in [0.3, 0.4) is 0 Å². The molecule has 1 atom stereocenters. The average Bonchev–Trinajstić information content (AvgIpc) is 3.15. The summed E-state index contributed by atoms with van der Waals surface area (Å²) in [7, 11) is 0. The predicted molar refractivity (Wildman–Crippen MR) is 232 cm³/mol. The van der Waals surface area contributed by atoms with Crippen molar-refractivity contribution in [2.45, 2.75) is 271 Å². The lowest BCUT2D eigenvalue weighted by Gasteiger charge is -2.28. The molecule has 1 saturated heterocycles. The van der Waals surface area contributed by atoms with Crippen LogP contribution in [0.25, 0.3) is 0 Å². The topological polar surface area (TPSA) is 26.3 Å². The van der Waals surface area contributed by atoms with Gasteiger partial charge in [0.2, 0.25) is 0 Å². The highest BCUT2D eigenvalue weighted by Crippen LogP contribution is 2.32. The van der Waals surface area contributed by atoms with Gasteiger partial charge in [0.05, 0.1) is 0 Å². The van der Waals surface area contributed by atoms with Crippen molar-refractivity contribution in [3.63, 3.8) is 0 Å². The number of carbonyl (C=O) groups is 1. The zero-order valence-electron chi connectivity index (χ0n) is 35.6. The lowest BCUT2D eigenvalue weighted by Crippen LogP contribution is -2.32. The first-order chi connectivity index (χ1) is 25.8. The van der Waals surface area contributed by atoms with Crippen LogP contribution in [0.1, 0.15) is 271 Å². The van der Waals surface area contributed by atoms with Gasteiger partial charge in [0.15, 0.2) is 0 Å². The second-order valence-electron chi connectivity index (χ2n) is 16.6. The van der Waals surface area contributed by atoms with Crippen molar-refractivity contribution in [2.75, 3.05) is 0 Å². The normalized spacial score (nSPS) is 15.4. The van der Waals surface area contributed by atoms with Crippen LogP contribution in [0, 0.1) is 5.92 Å². The molecule has 0 N–H and O–H groups in total. The Bertz CT molecular complexity index is 822. The third-order valence-electron chi connectivity index (χ3n) is 11.4. The maximum absolute atomic E-state index is 12.0. The van der Waals surface area contributed by atoms with Gasteiger partial charge in [0.25, 0.3) is 0 Å². The van der Waals surface area contributed by atoms with E-state index >= 15 is 0 Å². The van der Waals surface area contributed by atoms with Crippen molar-refractivity contribution in [1.29, 1.82) is 0 Å². The summed E-state index contributed by atoms with van der Waals surface area (Å²) in [6.07, 6.45) is 66.1. The standard InChI is InChI=1S/C50H92O2/c1-3-5-7-9-11-13-15-17-19-21-23-25-27-29-31-33-35-37-39-41-43-45-47-49-48(50(51)52-49)46-44-42-40-38-36-34-32-30-28-26-24-22-20-18-16-14-12-10-8-6-4-2/h25-28,47-48H,3-24,29-46H2,1-2H3/b27-25+,28-26+,49-47+. The van der Waals surface area contributed by atoms with Crippen LogP contribution in [-0.2, 0) is 9.53 Å². The van der Waals surface area contributed by atoms with Gasteiger partial charge in [-0.05, 0) is 76.7 Å². The summed E-state index contributed by atoms with van der Waals surface area (Å²) in [6.45, 7) is 4.59. The maximum atomic E-state index is 12.0. The molecule has 1 heterocycles. The molecular weight excluding hydrogens is 633 g/mol. The average molecular weight is 725 g/mol. The summed E-state index contributed by atoms with van der Waals surface area (Å²) >= 11 is 0. The number of ether oxygens (including phenoxy) is 1. The smallest absolute Gasteiger partial charge is 0.321 e. The number of hydrogen-bond acceptors (Lipinski definition) is 2. The van der Waals surface area contributed by atoms with E-state index in [0.29, 0.717) is 0 Å². The van der Waals surface area contributed by atoms with Crippen LogP contribution in [0.4, 0.5) is 0 Å². The molecule has 0 saturated carbocycles. The van der Waals surface area contributed by atoms with Crippen molar-refractivity contribution in [1.82, 2.24) is 0 Å². The van der Waals surface area contributed by atoms with Gasteiger partial charge in [-0.2, -0.15) is 0 Å². The molecule has 1 fully saturated rings. The summed E-state index contributed by atoms with van der Waals surface area (Å²) in [5, 5.41) is 0. The van der Waals surface area contributed by atoms with E-state index in [-0.39, 0.29) is 11.9 Å². The molecule has 0 aliphatic carbocycles. The van der Waals surface area contributed by atoms with E-state index in [1.54, 1.807) is 0 Å². The number of hydrogen-bond donors (Lipinski definition) is 0. The van der Waals surface area contributed by atoms with Gasteiger partial charge >= 0.3 is 5.97 Å². The molecule has 304 valence electrons. The van der Waals surface area contributed by atoms with E-state index in [1.165, 1.54) is 238 Å². The van der Waals surface area contributed by atoms with E-state index in [0.717, 1.165) is 25.0 Å². The van der Waals surface area contributed by atoms with Crippen molar-refractivity contribution < 1.29 is 9.53 Å². The molecule has 0 bridgehead atoms. The Hall–Kier alpha value is -1.31. The van der Waals surface area contributed by atoms with E-state index in [9.17, 15) is 4.79 Å². The van der Waals surface area contributed by atoms with Gasteiger partial charge in [0, 0.05) is 0 Å². The van der Waals surface area contributed by atoms with Gasteiger partial charge < -0.3 is 4.74 Å². The Morgan fingerprint density at radius 3 is 0.942 bits per heavy atom. The highest BCUT2D eigenvalue weighted by Gasteiger charge is 2.36. The van der Waals surface area contributed by atoms with Crippen LogP contribution in [0.2, 0.25) is 0 Å². The monoisotopic (exact) mass is 725 g/mol. The zero-order chi connectivity index (χ0) is 37.3. The van der Waals surface area contributed by atoms with Crippen LogP contribution >= 0.6 is 0 Å². The SMILES string of the molecule is CCCCCCCCCCCC/C=C/CCCCCCCCC/C=C1/OC(=O)C1CCCCCCCCC/C=C/CCCCCCCCCCCC. The van der Waals surface area contributed by atoms with Crippen LogP contribution in [0.5, 0.6) is 0 Å². The number of carbonyl (C=O) groups excluding carboxylic acids is 1. The first kappa shape index (κ1) is 48.7. The van der Waals surface area contributed by atoms with Crippen LogP contribution in [0.15, 0.2) is 36.1 Å². The molecular formula is C50H92O2. The summed E-state index contributed by atoms with van der Waals surface area (Å²) in [5.74, 6) is 1.06. The first-order valence-electron chi connectivity index (χ1n) is 24.0. The van der Waals surface area contributed by atoms with Crippen molar-refractivity contribution in [2.24, 2.45) is 5.92 Å². The van der Waals surface area contributed by atoms with Gasteiger partial charge in [-0.15, -0.1) is 0 Å². The number of rotatable bonds is 42. The lowest BCUT2D eigenvalue weighted by atomic mass is 9.93. The van der Waals surface area contributed by atoms with E-state index in [1.807, 2.05) is 0 Å². The lowest BCUT2D eigenvalue weighted by molar-refractivity contribution is -0.157. The van der Waals surface area contributed by atoms with Crippen molar-refractivity contribution >= 4 is 5.97 Å². The molecule has 1 aliphatic heterocycles. The molecule has 0 amide bonds. The summed E-state index contributed by atoms with van der Waals surface area (Å²) in [5.41, 5.74) is 0. The van der Waals surface area contributed by atoms with Gasteiger partial charge in [-0.3, -0.25) is 4.79 Å². The Morgan fingerprint density at radius 1 is 0.365 bits per heavy atom. The molecule has 2 heteroatoms. The Kier molecular flexibility index (Phi) is 38.3. The van der Waals surface area contributed by atoms with Gasteiger partial charge in [-0.1, -0.05) is 224 Å². The van der Waals surface area contributed by atoms with Gasteiger partial charge in [0.1, 0.15) is 11.7 Å². The molecule has 2 nitrogen and oxygen atoms in total. The minimum Gasteiger partial charge on any atom is -0.430 e. The van der Waals surface area contributed by atoms with E-state index in [2.05, 4.69) is 44.2 Å². The molecule has 52 heavy (non-hydrogen) atoms. The number of unbranched alkanes of at least 4 members (excludes halogenated alkanes) is 35. The molecule has 0 aromatic rings. The van der Waals surface area contributed by atoms with Crippen molar-refractivity contribution in [3.05, 3.63) is 36.1 Å². The molecule has 1 rings (SSSR count). The molecule has 1 unspecified atom stereocenters.